The maximum atomic E-state index is 10.6. The van der Waals surface area contributed by atoms with E-state index >= 15 is 0 Å². The maximum Gasteiger partial charge on any atom is 0.165 e. The van der Waals surface area contributed by atoms with E-state index in [-0.39, 0.29) is 11.4 Å². The second-order valence-corrected chi connectivity index (χ2v) is 7.11. The molecule has 5 atom stereocenters. The molecule has 1 saturated heterocycles. The summed E-state index contributed by atoms with van der Waals surface area (Å²) in [4.78, 5) is 2.47. The van der Waals surface area contributed by atoms with Crippen molar-refractivity contribution in [2.24, 2.45) is 5.92 Å². The van der Waals surface area contributed by atoms with Crippen LogP contribution in [0.4, 0.5) is 0 Å². The van der Waals surface area contributed by atoms with Gasteiger partial charge in [-0.2, -0.15) is 0 Å². The third-order valence-corrected chi connectivity index (χ3v) is 6.35. The number of nitrogens with zero attached hydrogens (tertiary/aromatic N) is 1. The fraction of sp³-hybridized carbons (Fsp3) is 0.529. The van der Waals surface area contributed by atoms with E-state index in [1.54, 1.807) is 7.11 Å². The molecular weight excluding hydrogens is 277 g/mol. The van der Waals surface area contributed by atoms with Gasteiger partial charge in [-0.3, -0.25) is 0 Å². The summed E-state index contributed by atoms with van der Waals surface area (Å²) < 4.78 is 11.8. The Morgan fingerprint density at radius 2 is 2.27 bits per heavy atom. The Hall–Kier alpha value is -1.46. The van der Waals surface area contributed by atoms with Gasteiger partial charge in [0.15, 0.2) is 18.8 Å². The average molecular weight is 297 g/mol. The third kappa shape index (κ3) is 1.29. The number of hydrogen-bond donors (Lipinski definition) is 1. The van der Waals surface area contributed by atoms with E-state index in [2.05, 4.69) is 24.1 Å². The van der Waals surface area contributed by atoms with Crippen LogP contribution in [-0.2, 0) is 11.7 Å². The van der Waals surface area contributed by atoms with E-state index in [4.69, 9.17) is 9.47 Å². The van der Waals surface area contributed by atoms with Crippen molar-refractivity contribution in [3.05, 3.63) is 35.4 Å². The second kappa shape index (κ2) is 4.09. The Morgan fingerprint density at radius 1 is 1.41 bits per heavy atom. The lowest BCUT2D eigenvalue weighted by molar-refractivity contribution is 0.00876. The SMILES string of the molecule is COc1ccc2c3c1O[C@H]1[C@@H](O)C=CC4C(C2)N(C)CB[C@@]341. The first-order valence-corrected chi connectivity index (χ1v) is 8.10. The van der Waals surface area contributed by atoms with Crippen LogP contribution in [0.1, 0.15) is 11.1 Å². The number of aliphatic hydroxyl groups excluding tert-OH is 1. The molecule has 0 amide bonds. The molecule has 114 valence electrons. The molecule has 2 bridgehead atoms. The molecule has 1 aromatic rings. The molecule has 0 radical (unpaired) electrons. The zero-order chi connectivity index (χ0) is 15.1. The topological polar surface area (TPSA) is 41.9 Å². The van der Waals surface area contributed by atoms with Gasteiger partial charge >= 0.3 is 0 Å². The summed E-state index contributed by atoms with van der Waals surface area (Å²) in [6.45, 7) is 0. The normalized spacial score (nSPS) is 40.7. The van der Waals surface area contributed by atoms with Gasteiger partial charge in [-0.1, -0.05) is 18.2 Å². The van der Waals surface area contributed by atoms with Gasteiger partial charge in [0.05, 0.1) is 7.11 Å². The van der Waals surface area contributed by atoms with Crippen molar-refractivity contribution in [1.82, 2.24) is 4.90 Å². The predicted molar refractivity (Wildman–Crippen MR) is 85.0 cm³/mol. The van der Waals surface area contributed by atoms with Gasteiger partial charge in [-0.25, -0.2) is 0 Å². The van der Waals surface area contributed by atoms with Crippen LogP contribution in [0, 0.1) is 5.92 Å². The Labute approximate surface area is 131 Å². The van der Waals surface area contributed by atoms with Gasteiger partial charge in [-0.15, -0.1) is 0 Å². The minimum Gasteiger partial charge on any atom is -0.493 e. The second-order valence-electron chi connectivity index (χ2n) is 7.11. The molecule has 2 aliphatic carbocycles. The Morgan fingerprint density at radius 3 is 3.09 bits per heavy atom. The monoisotopic (exact) mass is 297 g/mol. The first kappa shape index (κ1) is 13.0. The van der Waals surface area contributed by atoms with Crippen LogP contribution in [0.3, 0.4) is 0 Å². The Balaban J connectivity index is 1.82. The van der Waals surface area contributed by atoms with Gasteiger partial charge in [0, 0.05) is 16.9 Å². The highest BCUT2D eigenvalue weighted by atomic mass is 16.5. The molecule has 0 aromatic heterocycles. The van der Waals surface area contributed by atoms with Crippen molar-refractivity contribution in [3.63, 3.8) is 0 Å². The molecule has 4 aliphatic rings. The van der Waals surface area contributed by atoms with Crippen LogP contribution in [0.15, 0.2) is 24.3 Å². The largest absolute Gasteiger partial charge is 0.493 e. The summed E-state index contributed by atoms with van der Waals surface area (Å²) in [5.74, 6) is 2.09. The van der Waals surface area contributed by atoms with Crippen LogP contribution in [0.25, 0.3) is 0 Å². The van der Waals surface area contributed by atoms with E-state index in [1.807, 2.05) is 12.1 Å². The molecule has 5 heteroatoms. The number of aliphatic hydroxyl groups is 1. The van der Waals surface area contributed by atoms with Crippen molar-refractivity contribution in [3.8, 4) is 11.5 Å². The summed E-state index contributed by atoms with van der Waals surface area (Å²) in [7, 11) is 4.94. The number of likely N-dealkylation sites (N-methyl/N-ethyl adjacent to an activating group) is 1. The molecule has 1 aromatic carbocycles. The summed E-state index contributed by atoms with van der Waals surface area (Å²) in [6, 6.07) is 4.70. The van der Waals surface area contributed by atoms with Gasteiger partial charge in [0.2, 0.25) is 0 Å². The van der Waals surface area contributed by atoms with Gasteiger partial charge in [0.1, 0.15) is 12.2 Å². The lowest BCUT2D eigenvalue weighted by Gasteiger charge is -2.56. The van der Waals surface area contributed by atoms with Crippen molar-refractivity contribution >= 4 is 7.28 Å². The minimum atomic E-state index is -0.539. The lowest BCUT2D eigenvalue weighted by atomic mass is 9.36. The zero-order valence-electron chi connectivity index (χ0n) is 13.0. The number of rotatable bonds is 1. The van der Waals surface area contributed by atoms with Crippen molar-refractivity contribution in [2.45, 2.75) is 30.0 Å². The molecule has 1 fully saturated rings. The highest BCUT2D eigenvalue weighted by Gasteiger charge is 2.64. The zero-order valence-corrected chi connectivity index (χ0v) is 13.0. The number of hydrogen-bond acceptors (Lipinski definition) is 4. The molecular formula is C17H20BNO3. The molecule has 2 aliphatic heterocycles. The quantitative estimate of drug-likeness (QED) is 0.604. The maximum absolute atomic E-state index is 10.6. The smallest absolute Gasteiger partial charge is 0.165 e. The van der Waals surface area contributed by atoms with Crippen LogP contribution < -0.4 is 9.47 Å². The summed E-state index contributed by atoms with van der Waals surface area (Å²) in [5.41, 5.74) is 2.68. The van der Waals surface area contributed by atoms with Crippen LogP contribution in [-0.4, -0.2) is 56.1 Å². The molecule has 1 spiro atoms. The van der Waals surface area contributed by atoms with Gasteiger partial charge in [0.25, 0.3) is 0 Å². The number of ether oxygens (including phenoxy) is 2. The summed E-state index contributed by atoms with van der Waals surface area (Å²) in [6.07, 6.45) is 5.56. The molecule has 1 N–H and O–H groups in total. The average Bonchev–Trinajstić information content (AvgIpc) is 2.88. The summed E-state index contributed by atoms with van der Waals surface area (Å²) in [5, 5.41) is 10.5. The Kier molecular flexibility index (Phi) is 2.42. The van der Waals surface area contributed by atoms with Crippen molar-refractivity contribution < 1.29 is 14.6 Å². The number of methoxy groups -OCH3 is 1. The van der Waals surface area contributed by atoms with Gasteiger partial charge in [-0.05, 0) is 37.5 Å². The summed E-state index contributed by atoms with van der Waals surface area (Å²) >= 11 is 0. The van der Waals surface area contributed by atoms with Gasteiger partial charge < -0.3 is 19.5 Å². The lowest BCUT2D eigenvalue weighted by Crippen LogP contribution is -2.68. The standard InChI is InChI=1S/C17H20BNO3/c1-19-8-18-17-10-4-5-12(20)16(17)22-15-13(21-2)6-3-9(14(15)17)7-11(10)19/h3-6,10-12,16,18,20H,7-8H2,1-2H3/t10?,11?,12-,16-,17+/m0/s1. The molecule has 22 heavy (non-hydrogen) atoms. The van der Waals surface area contributed by atoms with E-state index in [0.29, 0.717) is 12.0 Å². The first-order chi connectivity index (χ1) is 10.7. The molecule has 2 heterocycles. The van der Waals surface area contributed by atoms with E-state index in [0.717, 1.165) is 31.6 Å². The van der Waals surface area contributed by atoms with E-state index in [1.165, 1.54) is 11.1 Å². The highest BCUT2D eigenvalue weighted by molar-refractivity contribution is 6.42. The van der Waals surface area contributed by atoms with Crippen molar-refractivity contribution in [1.29, 1.82) is 0 Å². The third-order valence-electron chi connectivity index (χ3n) is 6.35. The molecule has 2 unspecified atom stereocenters. The Bertz CT molecular complexity index is 691. The fourth-order valence-electron chi connectivity index (χ4n) is 5.39. The molecule has 5 rings (SSSR count). The highest BCUT2D eigenvalue weighted by Crippen LogP contribution is 2.60. The first-order valence-electron chi connectivity index (χ1n) is 8.10. The van der Waals surface area contributed by atoms with Crippen LogP contribution in [0.2, 0.25) is 0 Å². The molecule has 0 saturated carbocycles. The fourth-order valence-corrected chi connectivity index (χ4v) is 5.39. The van der Waals surface area contributed by atoms with Crippen LogP contribution in [0.5, 0.6) is 11.5 Å². The van der Waals surface area contributed by atoms with E-state index in [9.17, 15) is 5.11 Å². The van der Waals surface area contributed by atoms with Crippen LogP contribution >= 0.6 is 0 Å². The predicted octanol–water partition coefficient (Wildman–Crippen LogP) is 0.462. The van der Waals surface area contributed by atoms with Crippen molar-refractivity contribution in [2.75, 3.05) is 20.6 Å². The number of benzene rings is 1. The minimum absolute atomic E-state index is 0.0806. The van der Waals surface area contributed by atoms with E-state index < -0.39 is 6.10 Å². The molecule has 4 nitrogen and oxygen atoms in total.